The van der Waals surface area contributed by atoms with E-state index in [2.05, 4.69) is 39.9 Å². The molecule has 0 radical (unpaired) electrons. The molecule has 2 saturated carbocycles. The van der Waals surface area contributed by atoms with Crippen LogP contribution < -0.4 is 15.4 Å². The van der Waals surface area contributed by atoms with Crippen LogP contribution in [0.15, 0.2) is 29.3 Å². The van der Waals surface area contributed by atoms with Gasteiger partial charge >= 0.3 is 0 Å². The molecule has 0 aromatic heterocycles. The fourth-order valence-corrected chi connectivity index (χ4v) is 2.47. The van der Waals surface area contributed by atoms with Gasteiger partial charge in [0.25, 0.3) is 0 Å². The monoisotopic (exact) mass is 273 g/mol. The molecule has 108 valence electrons. The summed E-state index contributed by atoms with van der Waals surface area (Å²) in [6.45, 7) is 2.73. The molecule has 0 bridgehead atoms. The van der Waals surface area contributed by atoms with Crippen LogP contribution in [0.5, 0.6) is 5.75 Å². The van der Waals surface area contributed by atoms with Crippen LogP contribution >= 0.6 is 0 Å². The first-order valence-electron chi connectivity index (χ1n) is 7.52. The Labute approximate surface area is 120 Å². The van der Waals surface area contributed by atoms with Gasteiger partial charge in [-0.2, -0.15) is 0 Å². The van der Waals surface area contributed by atoms with E-state index in [1.54, 1.807) is 0 Å². The lowest BCUT2D eigenvalue weighted by Crippen LogP contribution is -2.40. The average molecular weight is 273 g/mol. The van der Waals surface area contributed by atoms with Crippen LogP contribution in [-0.2, 0) is 0 Å². The molecule has 20 heavy (non-hydrogen) atoms. The molecule has 0 unspecified atom stereocenters. The average Bonchev–Trinajstić information content (AvgIpc) is 3.36. The first-order valence-corrected chi connectivity index (χ1v) is 7.52. The normalized spacial score (nSPS) is 25.2. The lowest BCUT2D eigenvalue weighted by molar-refractivity contribution is 0.340. The van der Waals surface area contributed by atoms with Gasteiger partial charge in [0.05, 0.1) is 6.61 Å². The summed E-state index contributed by atoms with van der Waals surface area (Å²) >= 11 is 0. The van der Waals surface area contributed by atoms with Crippen molar-refractivity contribution in [1.82, 2.24) is 10.6 Å². The Morgan fingerprint density at radius 2 is 2.00 bits per heavy atom. The zero-order chi connectivity index (χ0) is 13.9. The van der Waals surface area contributed by atoms with Crippen LogP contribution in [0.2, 0.25) is 0 Å². The van der Waals surface area contributed by atoms with Crippen LogP contribution in [0, 0.1) is 0 Å². The number of aliphatic imine (C=N–C) groups is 1. The molecule has 2 aliphatic carbocycles. The van der Waals surface area contributed by atoms with E-state index in [0.29, 0.717) is 18.0 Å². The molecule has 0 saturated heterocycles. The number of rotatable bonds is 5. The van der Waals surface area contributed by atoms with E-state index in [9.17, 15) is 0 Å². The molecule has 3 rings (SSSR count). The summed E-state index contributed by atoms with van der Waals surface area (Å²) in [5, 5.41) is 6.94. The van der Waals surface area contributed by atoms with Gasteiger partial charge in [0.1, 0.15) is 5.75 Å². The van der Waals surface area contributed by atoms with E-state index < -0.39 is 0 Å². The molecule has 0 spiro atoms. The maximum Gasteiger partial charge on any atom is 0.191 e. The van der Waals surface area contributed by atoms with Crippen LogP contribution in [-0.4, -0.2) is 31.7 Å². The van der Waals surface area contributed by atoms with Crippen molar-refractivity contribution in [3.63, 3.8) is 0 Å². The molecule has 2 fully saturated rings. The summed E-state index contributed by atoms with van der Waals surface area (Å²) in [7, 11) is 1.84. The van der Waals surface area contributed by atoms with Gasteiger partial charge in [0.15, 0.2) is 5.96 Å². The molecular weight excluding hydrogens is 250 g/mol. The second-order valence-electron chi connectivity index (χ2n) is 5.59. The van der Waals surface area contributed by atoms with E-state index in [4.69, 9.17) is 4.74 Å². The second-order valence-corrected chi connectivity index (χ2v) is 5.59. The molecule has 1 aromatic carbocycles. The van der Waals surface area contributed by atoms with Crippen LogP contribution in [0.3, 0.4) is 0 Å². The molecule has 0 heterocycles. The molecule has 4 heteroatoms. The third-order valence-electron chi connectivity index (χ3n) is 3.87. The molecule has 0 aliphatic heterocycles. The van der Waals surface area contributed by atoms with Gasteiger partial charge in [-0.3, -0.25) is 4.99 Å². The van der Waals surface area contributed by atoms with Gasteiger partial charge in [-0.1, -0.05) is 12.1 Å². The van der Waals surface area contributed by atoms with E-state index in [-0.39, 0.29) is 0 Å². The number of ether oxygens (including phenoxy) is 1. The van der Waals surface area contributed by atoms with Crippen molar-refractivity contribution in [2.24, 2.45) is 4.99 Å². The maximum atomic E-state index is 5.48. The van der Waals surface area contributed by atoms with Crippen molar-refractivity contribution >= 4 is 5.96 Å². The number of nitrogens with one attached hydrogen (secondary N) is 2. The van der Waals surface area contributed by atoms with Crippen LogP contribution in [0.1, 0.15) is 37.7 Å². The van der Waals surface area contributed by atoms with Crippen molar-refractivity contribution in [3.8, 4) is 5.75 Å². The molecule has 2 N–H and O–H groups in total. The van der Waals surface area contributed by atoms with Gasteiger partial charge in [0.2, 0.25) is 0 Å². The third kappa shape index (κ3) is 3.24. The van der Waals surface area contributed by atoms with Gasteiger partial charge in [-0.15, -0.1) is 0 Å². The lowest BCUT2D eigenvalue weighted by atomic mass is 10.1. The fourth-order valence-electron chi connectivity index (χ4n) is 2.47. The fraction of sp³-hybridized carbons (Fsp3) is 0.562. The van der Waals surface area contributed by atoms with Gasteiger partial charge < -0.3 is 15.4 Å². The zero-order valence-electron chi connectivity index (χ0n) is 12.2. The minimum Gasteiger partial charge on any atom is -0.494 e. The standard InChI is InChI=1S/C16H23N3O/c1-3-20-13-8-4-11(5-9-13)14-10-15(14)19-16(17-2)18-12-6-7-12/h4-5,8-9,12,14-15H,3,6-7,10H2,1-2H3,(H2,17,18,19)/t14-,15+/m0/s1. The molecule has 4 nitrogen and oxygen atoms in total. The number of nitrogens with zero attached hydrogens (tertiary/aromatic N) is 1. The maximum absolute atomic E-state index is 5.48. The third-order valence-corrected chi connectivity index (χ3v) is 3.87. The predicted octanol–water partition coefficient (Wildman–Crippen LogP) is 2.27. The largest absolute Gasteiger partial charge is 0.494 e. The molecule has 1 aromatic rings. The molecule has 0 amide bonds. The quantitative estimate of drug-likeness (QED) is 0.639. The van der Waals surface area contributed by atoms with Crippen LogP contribution in [0.4, 0.5) is 0 Å². The summed E-state index contributed by atoms with van der Waals surface area (Å²) < 4.78 is 5.48. The van der Waals surface area contributed by atoms with Crippen molar-refractivity contribution in [2.75, 3.05) is 13.7 Å². The SMILES string of the molecule is CCOc1ccc([C@@H]2C[C@H]2NC(=NC)NC2CC2)cc1. The van der Waals surface area contributed by atoms with Crippen molar-refractivity contribution in [3.05, 3.63) is 29.8 Å². The number of benzene rings is 1. The Morgan fingerprint density at radius 1 is 1.25 bits per heavy atom. The molecular formula is C16H23N3O. The highest BCUT2D eigenvalue weighted by Crippen LogP contribution is 2.41. The Hall–Kier alpha value is -1.71. The van der Waals surface area contributed by atoms with E-state index in [0.717, 1.165) is 18.3 Å². The molecule has 2 atom stereocenters. The summed E-state index contributed by atoms with van der Waals surface area (Å²) in [6.07, 6.45) is 3.72. The minimum absolute atomic E-state index is 0.512. The van der Waals surface area contributed by atoms with Gasteiger partial charge in [0, 0.05) is 25.0 Å². The van der Waals surface area contributed by atoms with Crippen LogP contribution in [0.25, 0.3) is 0 Å². The first kappa shape index (κ1) is 13.3. The summed E-state index contributed by atoms with van der Waals surface area (Å²) in [4.78, 5) is 4.29. The van der Waals surface area contributed by atoms with Gasteiger partial charge in [-0.05, 0) is 43.9 Å². The van der Waals surface area contributed by atoms with E-state index in [1.807, 2.05) is 14.0 Å². The number of guanidine groups is 1. The predicted molar refractivity (Wildman–Crippen MR) is 81.4 cm³/mol. The van der Waals surface area contributed by atoms with E-state index in [1.165, 1.54) is 24.8 Å². The summed E-state index contributed by atoms with van der Waals surface area (Å²) in [5.41, 5.74) is 1.38. The number of hydrogen-bond donors (Lipinski definition) is 2. The molecule has 2 aliphatic rings. The smallest absolute Gasteiger partial charge is 0.191 e. The summed E-state index contributed by atoms with van der Waals surface area (Å²) in [5.74, 6) is 2.50. The number of hydrogen-bond acceptors (Lipinski definition) is 2. The minimum atomic E-state index is 0.512. The highest BCUT2D eigenvalue weighted by molar-refractivity contribution is 5.81. The Balaban J connectivity index is 1.52. The lowest BCUT2D eigenvalue weighted by Gasteiger charge is -2.11. The van der Waals surface area contributed by atoms with Crippen molar-refractivity contribution in [2.45, 2.75) is 44.2 Å². The van der Waals surface area contributed by atoms with E-state index >= 15 is 0 Å². The highest BCUT2D eigenvalue weighted by Gasteiger charge is 2.39. The van der Waals surface area contributed by atoms with Crippen molar-refractivity contribution in [1.29, 1.82) is 0 Å². The Bertz CT molecular complexity index is 479. The zero-order valence-corrected chi connectivity index (χ0v) is 12.2. The second kappa shape index (κ2) is 5.73. The Kier molecular flexibility index (Phi) is 3.81. The van der Waals surface area contributed by atoms with Gasteiger partial charge in [-0.25, -0.2) is 0 Å². The topological polar surface area (TPSA) is 45.6 Å². The Morgan fingerprint density at radius 3 is 2.60 bits per heavy atom. The summed E-state index contributed by atoms with van der Waals surface area (Å²) in [6, 6.07) is 9.63. The first-order chi connectivity index (χ1) is 9.80. The van der Waals surface area contributed by atoms with Crippen molar-refractivity contribution < 1.29 is 4.74 Å². The highest BCUT2D eigenvalue weighted by atomic mass is 16.5.